The molecule has 1 fully saturated rings. The van der Waals surface area contributed by atoms with E-state index >= 15 is 0 Å². The molecule has 2 aliphatic rings. The molecule has 26 heavy (non-hydrogen) atoms. The molecule has 3 rings (SSSR count). The van der Waals surface area contributed by atoms with Crippen LogP contribution >= 0.6 is 21.9 Å². The first kappa shape index (κ1) is 19.8. The molecular formula is C14H11ClF6O3S2. The molecule has 146 valence electrons. The lowest BCUT2D eigenvalue weighted by molar-refractivity contribution is -0.0547. The maximum atomic E-state index is 14.1. The summed E-state index contributed by atoms with van der Waals surface area (Å²) in [4.78, 5) is -1.13. The molecule has 1 unspecified atom stereocenters. The summed E-state index contributed by atoms with van der Waals surface area (Å²) in [6.07, 6.45) is 2.31. The van der Waals surface area contributed by atoms with E-state index < -0.39 is 47.2 Å². The number of alkyl halides is 6. The van der Waals surface area contributed by atoms with Crippen molar-refractivity contribution in [1.29, 1.82) is 0 Å². The van der Waals surface area contributed by atoms with Crippen molar-refractivity contribution in [3.63, 3.8) is 0 Å². The Morgan fingerprint density at radius 1 is 1.12 bits per heavy atom. The quantitative estimate of drug-likeness (QED) is 0.430. The number of rotatable bonds is 3. The molecule has 0 radical (unpaired) electrons. The number of halogens is 7. The van der Waals surface area contributed by atoms with Gasteiger partial charge < -0.3 is 0 Å². The van der Waals surface area contributed by atoms with Crippen molar-refractivity contribution in [2.45, 2.75) is 35.2 Å². The summed E-state index contributed by atoms with van der Waals surface area (Å²) in [5.74, 6) is -0.693. The molecule has 0 N–H and O–H groups in total. The third-order valence-electron chi connectivity index (χ3n) is 4.22. The van der Waals surface area contributed by atoms with Crippen molar-refractivity contribution in [3.05, 3.63) is 33.7 Å². The second-order valence-electron chi connectivity index (χ2n) is 5.83. The van der Waals surface area contributed by atoms with Gasteiger partial charge in [0, 0.05) is 25.1 Å². The normalized spacial score (nSPS) is 26.7. The molecule has 1 aromatic rings. The Hall–Kier alpha value is -0.910. The zero-order valence-corrected chi connectivity index (χ0v) is 15.1. The standard InChI is InChI=1S/C14H11ClF6O3S2/c15-10-5-4-9-6-11(8-2-1-3-8)25(12(9)7-10,13(16,17)18)24-26(22,23)14(19,20)21/h4-8H,1-3H2. The van der Waals surface area contributed by atoms with Gasteiger partial charge in [-0.2, -0.15) is 38.4 Å². The molecule has 1 atom stereocenters. The van der Waals surface area contributed by atoms with Crippen LogP contribution in [0, 0.1) is 5.92 Å². The monoisotopic (exact) mass is 440 g/mol. The van der Waals surface area contributed by atoms with Gasteiger partial charge in [-0.05, 0) is 42.5 Å². The highest BCUT2D eigenvalue weighted by atomic mass is 35.5. The first-order valence-electron chi connectivity index (χ1n) is 7.23. The van der Waals surface area contributed by atoms with E-state index in [4.69, 9.17) is 11.6 Å². The summed E-state index contributed by atoms with van der Waals surface area (Å²) < 4.78 is 108. The molecule has 1 aromatic carbocycles. The maximum absolute atomic E-state index is 14.1. The number of allylic oxidation sites excluding steroid dienone is 1. The van der Waals surface area contributed by atoms with Gasteiger partial charge in [0.15, 0.2) is 0 Å². The largest absolute Gasteiger partial charge is 0.523 e. The Bertz CT molecular complexity index is 874. The first-order chi connectivity index (χ1) is 11.8. The van der Waals surface area contributed by atoms with E-state index in [2.05, 4.69) is 3.63 Å². The second kappa shape index (κ2) is 6.05. The molecule has 1 saturated carbocycles. The topological polar surface area (TPSA) is 43.4 Å². The van der Waals surface area contributed by atoms with Crippen molar-refractivity contribution in [2.75, 3.05) is 0 Å². The molecule has 1 heterocycles. The lowest BCUT2D eigenvalue weighted by Crippen LogP contribution is -2.34. The summed E-state index contributed by atoms with van der Waals surface area (Å²) in [7, 11) is -11.4. The first-order valence-corrected chi connectivity index (χ1v) is 10.6. The van der Waals surface area contributed by atoms with Crippen molar-refractivity contribution < 1.29 is 38.4 Å². The third kappa shape index (κ3) is 2.92. The van der Waals surface area contributed by atoms with Gasteiger partial charge >= 0.3 is 21.1 Å². The molecule has 12 heteroatoms. The Morgan fingerprint density at radius 3 is 2.19 bits per heavy atom. The lowest BCUT2D eigenvalue weighted by atomic mass is 9.85. The number of fused-ring (bicyclic) bond motifs is 1. The SMILES string of the molecule is O=S(=O)(OS1(C(F)(F)F)C(C2CCC2)=Cc2ccc(Cl)cc21)C(F)(F)F. The molecule has 0 spiro atoms. The number of hydrogen-bond donors (Lipinski definition) is 0. The molecule has 1 aliphatic heterocycles. The third-order valence-corrected chi connectivity index (χ3v) is 9.30. The highest BCUT2D eigenvalue weighted by Gasteiger charge is 2.65. The second-order valence-corrected chi connectivity index (χ2v) is 10.7. The molecule has 3 nitrogen and oxygen atoms in total. The van der Waals surface area contributed by atoms with Crippen LogP contribution in [-0.4, -0.2) is 19.4 Å². The minimum absolute atomic E-state index is 0.0407. The predicted octanol–water partition coefficient (Wildman–Crippen LogP) is 5.96. The van der Waals surface area contributed by atoms with Gasteiger partial charge in [-0.15, -0.1) is 0 Å². The molecule has 0 bridgehead atoms. The zero-order valence-electron chi connectivity index (χ0n) is 12.7. The van der Waals surface area contributed by atoms with Crippen LogP contribution in [0.3, 0.4) is 0 Å². The van der Waals surface area contributed by atoms with Crippen molar-refractivity contribution in [1.82, 2.24) is 0 Å². The average Bonchev–Trinajstić information content (AvgIpc) is 2.70. The van der Waals surface area contributed by atoms with E-state index in [0.717, 1.165) is 12.1 Å². The molecular weight excluding hydrogens is 430 g/mol. The van der Waals surface area contributed by atoms with Crippen LogP contribution in [0.25, 0.3) is 6.08 Å². The molecule has 1 aliphatic carbocycles. The van der Waals surface area contributed by atoms with E-state index in [-0.39, 0.29) is 10.6 Å². The Kier molecular flexibility index (Phi) is 4.61. The van der Waals surface area contributed by atoms with Crippen molar-refractivity contribution >= 4 is 38.1 Å². The molecule has 0 aromatic heterocycles. The number of benzene rings is 1. The summed E-state index contributed by atoms with van der Waals surface area (Å²) >= 11 is 5.73. The van der Waals surface area contributed by atoms with Crippen LogP contribution in [0.15, 0.2) is 28.0 Å². The van der Waals surface area contributed by atoms with Crippen LogP contribution in [0.5, 0.6) is 0 Å². The minimum atomic E-state index is -6.50. The highest BCUT2D eigenvalue weighted by molar-refractivity contribution is 8.37. The van der Waals surface area contributed by atoms with Gasteiger partial charge in [0.05, 0.1) is 0 Å². The van der Waals surface area contributed by atoms with Crippen LogP contribution in [-0.2, 0) is 13.7 Å². The minimum Gasteiger partial charge on any atom is -0.196 e. The van der Waals surface area contributed by atoms with Gasteiger partial charge in [0.25, 0.3) is 0 Å². The fraction of sp³-hybridized carbons (Fsp3) is 0.429. The highest BCUT2D eigenvalue weighted by Crippen LogP contribution is 2.80. The predicted molar refractivity (Wildman–Crippen MR) is 84.7 cm³/mol. The Morgan fingerprint density at radius 2 is 1.73 bits per heavy atom. The Balaban J connectivity index is 2.27. The van der Waals surface area contributed by atoms with Gasteiger partial charge in [-0.3, -0.25) is 0 Å². The van der Waals surface area contributed by atoms with Crippen molar-refractivity contribution in [3.8, 4) is 0 Å². The van der Waals surface area contributed by atoms with Crippen molar-refractivity contribution in [2.24, 2.45) is 5.92 Å². The van der Waals surface area contributed by atoms with Crippen LogP contribution in [0.4, 0.5) is 26.3 Å². The van der Waals surface area contributed by atoms with Gasteiger partial charge in [0.2, 0.25) is 0 Å². The van der Waals surface area contributed by atoms with Gasteiger partial charge in [0.1, 0.15) is 0 Å². The van der Waals surface area contributed by atoms with Crippen LogP contribution in [0.1, 0.15) is 24.8 Å². The summed E-state index contributed by atoms with van der Waals surface area (Å²) in [6.45, 7) is 0. The van der Waals surface area contributed by atoms with E-state index in [1.54, 1.807) is 0 Å². The fourth-order valence-electron chi connectivity index (χ4n) is 2.83. The molecule has 0 saturated heterocycles. The van der Waals surface area contributed by atoms with Gasteiger partial charge in [-0.25, -0.2) is 0 Å². The smallest absolute Gasteiger partial charge is 0.196 e. The van der Waals surface area contributed by atoms with E-state index in [0.29, 0.717) is 19.3 Å². The lowest BCUT2D eigenvalue weighted by Gasteiger charge is -2.43. The van der Waals surface area contributed by atoms with E-state index in [9.17, 15) is 34.8 Å². The van der Waals surface area contributed by atoms with E-state index in [1.807, 2.05) is 0 Å². The van der Waals surface area contributed by atoms with Crippen LogP contribution in [0.2, 0.25) is 5.02 Å². The molecule has 0 amide bonds. The summed E-state index contributed by atoms with van der Waals surface area (Å²) in [5.41, 5.74) is -11.4. The zero-order chi connectivity index (χ0) is 19.5. The summed E-state index contributed by atoms with van der Waals surface area (Å²) in [5, 5.41) is -0.166. The van der Waals surface area contributed by atoms with E-state index in [1.165, 1.54) is 12.1 Å². The maximum Gasteiger partial charge on any atom is 0.523 e. The summed E-state index contributed by atoms with van der Waals surface area (Å²) in [6, 6.07) is 3.31. The fourth-order valence-corrected chi connectivity index (χ4v) is 7.89. The number of hydrogen-bond acceptors (Lipinski definition) is 3. The van der Waals surface area contributed by atoms with Crippen LogP contribution < -0.4 is 0 Å². The average molecular weight is 441 g/mol. The Labute approximate surface area is 151 Å². The van der Waals surface area contributed by atoms with Gasteiger partial charge in [-0.1, -0.05) is 24.1 Å².